The molecule has 0 unspecified atom stereocenters. The van der Waals surface area contributed by atoms with Crippen LogP contribution in [0.25, 0.3) is 0 Å². The van der Waals surface area contributed by atoms with E-state index < -0.39 is 13.3 Å². The fourth-order valence-corrected chi connectivity index (χ4v) is 3.09. The lowest BCUT2D eigenvalue weighted by Gasteiger charge is -2.35. The molecule has 0 spiro atoms. The number of esters is 1. The zero-order valence-corrected chi connectivity index (χ0v) is 30.5. The second-order valence-electron chi connectivity index (χ2n) is 10.3. The lowest BCUT2D eigenvalue weighted by atomic mass is 10.2. The van der Waals surface area contributed by atoms with Gasteiger partial charge in [-0.15, -0.1) is 0 Å². The lowest BCUT2D eigenvalue weighted by Crippen LogP contribution is -2.56. The summed E-state index contributed by atoms with van der Waals surface area (Å²) in [7, 11) is 3.96. The molecule has 0 atom stereocenters. The van der Waals surface area contributed by atoms with Crippen molar-refractivity contribution in [3.63, 3.8) is 0 Å². The standard InChI is InChI=1S/C9H9IO3.3C7H18N.BO3/c10-5-6-13-9(12)7-3-1-2-4-8(7)11;3*1-5-8(4,6-2)7-3;2-1(3)4/h1-4,11H,5-6H2;3*5-7H2,1-4H3;/q;3*+1;-3. The van der Waals surface area contributed by atoms with Gasteiger partial charge in [0.2, 0.25) is 0 Å². The number of para-hydroxylation sites is 1. The van der Waals surface area contributed by atoms with E-state index in [1.54, 1.807) is 12.1 Å². The van der Waals surface area contributed by atoms with Crippen LogP contribution in [0.4, 0.5) is 0 Å². The van der Waals surface area contributed by atoms with E-state index in [2.05, 4.69) is 106 Å². The molecular weight excluding hydrogens is 636 g/mol. The van der Waals surface area contributed by atoms with Crippen molar-refractivity contribution in [1.82, 2.24) is 0 Å². The minimum Gasteiger partial charge on any atom is -0.907 e. The number of phenolic OH excluding ortho intramolecular Hbond substituents is 1. The number of carbonyl (C=O) groups excluding carboxylic acids is 1. The maximum atomic E-state index is 11.2. The molecule has 1 aromatic carbocycles. The number of rotatable bonds is 12. The number of aromatic hydroxyl groups is 1. The number of alkyl halides is 1. The average molecular weight is 700 g/mol. The van der Waals surface area contributed by atoms with E-state index in [0.29, 0.717) is 6.61 Å². The summed E-state index contributed by atoms with van der Waals surface area (Å²) in [5, 5.41) is 34.5. The van der Waals surface area contributed by atoms with Gasteiger partial charge in [0.15, 0.2) is 0 Å². The number of halogens is 1. The number of carbonyl (C=O) groups is 1. The van der Waals surface area contributed by atoms with Crippen LogP contribution in [0.2, 0.25) is 0 Å². The lowest BCUT2D eigenvalue weighted by molar-refractivity contribution is -0.904. The maximum absolute atomic E-state index is 11.2. The number of hydrogen-bond donors (Lipinski definition) is 1. The molecule has 1 aromatic rings. The quantitative estimate of drug-likeness (QED) is 0.118. The first-order valence-corrected chi connectivity index (χ1v) is 16.5. The Balaban J connectivity index is -0.000000219. The zero-order chi connectivity index (χ0) is 33.1. The summed E-state index contributed by atoms with van der Waals surface area (Å²) in [5.41, 5.74) is 0.215. The van der Waals surface area contributed by atoms with Crippen LogP contribution in [-0.2, 0) is 4.74 Å². The Kier molecular flexibility index (Phi) is 31.9. The fraction of sp³-hybridized carbons (Fsp3) is 0.767. The van der Waals surface area contributed by atoms with Crippen molar-refractivity contribution in [3.8, 4) is 5.75 Å². The monoisotopic (exact) mass is 699 g/mol. The summed E-state index contributed by atoms with van der Waals surface area (Å²) in [5.74, 6) is -0.518. The summed E-state index contributed by atoms with van der Waals surface area (Å²) in [4.78, 5) is 11.2. The number of nitrogens with zero attached hydrogens (tertiary/aromatic N) is 3. The molecule has 0 aliphatic heterocycles. The first kappa shape index (κ1) is 47.0. The molecule has 41 heavy (non-hydrogen) atoms. The van der Waals surface area contributed by atoms with Crippen LogP contribution >= 0.6 is 22.6 Å². The van der Waals surface area contributed by atoms with E-state index in [0.717, 1.165) is 4.43 Å². The van der Waals surface area contributed by atoms with Crippen molar-refractivity contribution in [1.29, 1.82) is 0 Å². The SMILES string of the molecule is CC[N+](C)(CC)CC.CC[N+](C)(CC)CC.CC[N+](C)(CC)CC.O=C(OCCI)c1ccccc1O.[O-]B([O-])[O-]. The molecule has 1 N–H and O–H groups in total. The Morgan fingerprint density at radius 2 is 0.976 bits per heavy atom. The van der Waals surface area contributed by atoms with Crippen molar-refractivity contribution < 1.29 is 43.2 Å². The maximum Gasteiger partial charge on any atom is 0.341 e. The van der Waals surface area contributed by atoms with Gasteiger partial charge in [-0.2, -0.15) is 0 Å². The van der Waals surface area contributed by atoms with Gasteiger partial charge in [0, 0.05) is 4.43 Å². The molecule has 0 aliphatic rings. The van der Waals surface area contributed by atoms with E-state index in [4.69, 9.17) is 19.8 Å². The number of phenols is 1. The van der Waals surface area contributed by atoms with Gasteiger partial charge in [-0.3, -0.25) is 7.32 Å². The van der Waals surface area contributed by atoms with Crippen LogP contribution in [0.5, 0.6) is 5.75 Å². The van der Waals surface area contributed by atoms with Crippen LogP contribution in [0.1, 0.15) is 72.7 Å². The van der Waals surface area contributed by atoms with Crippen molar-refractivity contribution >= 4 is 35.9 Å². The number of hydrogen-bond acceptors (Lipinski definition) is 6. The Hall–Kier alpha value is -0.955. The van der Waals surface area contributed by atoms with Gasteiger partial charge in [-0.1, -0.05) is 34.7 Å². The highest BCUT2D eigenvalue weighted by Crippen LogP contribution is 2.16. The first-order valence-electron chi connectivity index (χ1n) is 15.0. The van der Waals surface area contributed by atoms with Gasteiger partial charge in [0.1, 0.15) is 17.9 Å². The normalized spacial score (nSPS) is 10.7. The van der Waals surface area contributed by atoms with Crippen LogP contribution in [0.15, 0.2) is 24.3 Å². The van der Waals surface area contributed by atoms with Gasteiger partial charge in [0.25, 0.3) is 0 Å². The fourth-order valence-electron chi connectivity index (χ4n) is 2.87. The third-order valence-corrected chi connectivity index (χ3v) is 8.75. The smallest absolute Gasteiger partial charge is 0.341 e. The van der Waals surface area contributed by atoms with Crippen LogP contribution in [0.3, 0.4) is 0 Å². The molecule has 0 heterocycles. The molecule has 1 rings (SSSR count). The molecule has 0 aliphatic carbocycles. The zero-order valence-electron chi connectivity index (χ0n) is 28.4. The summed E-state index contributed by atoms with van der Waals surface area (Å²) >= 11 is 2.11. The number of benzene rings is 1. The Morgan fingerprint density at radius 3 is 1.17 bits per heavy atom. The third-order valence-electron chi connectivity index (χ3n) is 8.31. The third kappa shape index (κ3) is 26.4. The Bertz CT molecular complexity index is 662. The van der Waals surface area contributed by atoms with Crippen molar-refractivity contribution in [2.75, 3.05) is 91.1 Å². The highest BCUT2D eigenvalue weighted by Gasteiger charge is 2.12. The first-order chi connectivity index (χ1) is 19.0. The average Bonchev–Trinajstić information content (AvgIpc) is 2.99. The highest BCUT2D eigenvalue weighted by molar-refractivity contribution is 14.1. The van der Waals surface area contributed by atoms with Gasteiger partial charge >= 0.3 is 5.97 Å². The largest absolute Gasteiger partial charge is 0.907 e. The molecule has 0 bridgehead atoms. The van der Waals surface area contributed by atoms with E-state index in [1.165, 1.54) is 84.5 Å². The van der Waals surface area contributed by atoms with E-state index >= 15 is 0 Å². The minimum absolute atomic E-state index is 0.0408. The minimum atomic E-state index is -2.92. The highest BCUT2D eigenvalue weighted by atomic mass is 127. The molecular formula is C30H63BIN3O6. The summed E-state index contributed by atoms with van der Waals surface area (Å²) in [6.07, 6.45) is 0. The van der Waals surface area contributed by atoms with Crippen LogP contribution in [0, 0.1) is 0 Å². The topological polar surface area (TPSA) is 116 Å². The molecule has 0 amide bonds. The Labute approximate surface area is 267 Å². The van der Waals surface area contributed by atoms with Crippen molar-refractivity contribution in [3.05, 3.63) is 29.8 Å². The predicted molar refractivity (Wildman–Crippen MR) is 176 cm³/mol. The second kappa shape index (κ2) is 27.9. The molecule has 0 fully saturated rings. The van der Waals surface area contributed by atoms with Gasteiger partial charge in [-0.25, -0.2) is 4.79 Å². The molecule has 244 valence electrons. The van der Waals surface area contributed by atoms with Crippen molar-refractivity contribution in [2.24, 2.45) is 0 Å². The summed E-state index contributed by atoms with van der Waals surface area (Å²) < 4.78 is 9.22. The molecule has 9 nitrogen and oxygen atoms in total. The van der Waals surface area contributed by atoms with Crippen LogP contribution in [-0.4, -0.2) is 123 Å². The predicted octanol–water partition coefficient (Wildman–Crippen LogP) is 2.51. The van der Waals surface area contributed by atoms with Crippen molar-refractivity contribution in [2.45, 2.75) is 62.3 Å². The van der Waals surface area contributed by atoms with Gasteiger partial charge in [-0.05, 0) is 74.4 Å². The second-order valence-corrected chi connectivity index (χ2v) is 11.4. The molecule has 0 saturated heterocycles. The molecule has 0 saturated carbocycles. The molecule has 0 radical (unpaired) electrons. The number of ether oxygens (including phenoxy) is 1. The Morgan fingerprint density at radius 1 is 0.707 bits per heavy atom. The van der Waals surface area contributed by atoms with Crippen LogP contribution < -0.4 is 15.1 Å². The molecule has 11 heteroatoms. The van der Waals surface area contributed by atoms with E-state index in [-0.39, 0.29) is 11.3 Å². The van der Waals surface area contributed by atoms with Gasteiger partial charge < -0.3 is 38.4 Å². The van der Waals surface area contributed by atoms with Gasteiger partial charge in [0.05, 0.1) is 80.0 Å². The van der Waals surface area contributed by atoms with E-state index in [9.17, 15) is 9.90 Å². The van der Waals surface area contributed by atoms with E-state index in [1.807, 2.05) is 0 Å². The summed E-state index contributed by atoms with van der Waals surface area (Å²) in [6, 6.07) is 6.33. The molecule has 0 aromatic heterocycles. The summed E-state index contributed by atoms with van der Waals surface area (Å²) in [6.45, 7) is 31.9. The number of quaternary nitrogens is 3.